The monoisotopic (exact) mass is 373 g/mol. The Kier molecular flexibility index (Phi) is 9.37. The first-order chi connectivity index (χ1) is 12.2. The summed E-state index contributed by atoms with van der Waals surface area (Å²) in [6.07, 6.45) is 0.132. The van der Waals surface area contributed by atoms with Gasteiger partial charge >= 0.3 is 12.1 Å². The number of carbonyl (C=O) groups excluding carboxylic acids is 1. The zero-order valence-corrected chi connectivity index (χ0v) is 14.8. The number of aliphatic hydroxyl groups excluding tert-OH is 1. The van der Waals surface area contributed by atoms with E-state index in [0.717, 1.165) is 12.0 Å². The van der Waals surface area contributed by atoms with Gasteiger partial charge in [-0.3, -0.25) is 4.79 Å². The number of aryl methyl sites for hydroxylation is 1. The molecule has 0 saturated heterocycles. The van der Waals surface area contributed by atoms with Gasteiger partial charge in [0.05, 0.1) is 19.1 Å². The summed E-state index contributed by atoms with van der Waals surface area (Å²) in [6, 6.07) is 5.37. The summed E-state index contributed by atoms with van der Waals surface area (Å²) in [6.45, 7) is 1.89. The molecule has 2 unspecified atom stereocenters. The molecular formula is C19H26F3NO3. The molecule has 0 radical (unpaired) electrons. The molecule has 0 spiro atoms. The second kappa shape index (κ2) is 11.0. The Hall–Kier alpha value is -1.86. The Labute approximate surface area is 151 Å². The molecule has 3 N–H and O–H groups in total. The third-order valence-electron chi connectivity index (χ3n) is 3.80. The molecule has 2 atom stereocenters. The maximum absolute atomic E-state index is 12.3. The maximum Gasteiger partial charge on any atom is 0.393 e. The number of benzene rings is 1. The molecule has 0 aliphatic carbocycles. The highest BCUT2D eigenvalue weighted by Crippen LogP contribution is 2.21. The van der Waals surface area contributed by atoms with Gasteiger partial charge in [-0.2, -0.15) is 13.2 Å². The molecule has 0 saturated carbocycles. The molecule has 7 heteroatoms. The van der Waals surface area contributed by atoms with Crippen molar-refractivity contribution in [2.75, 3.05) is 6.61 Å². The van der Waals surface area contributed by atoms with Crippen LogP contribution >= 0.6 is 0 Å². The summed E-state index contributed by atoms with van der Waals surface area (Å²) in [5, 5.41) is 9.82. The molecule has 4 nitrogen and oxygen atoms in total. The van der Waals surface area contributed by atoms with Crippen LogP contribution in [0.25, 0.3) is 0 Å². The van der Waals surface area contributed by atoms with E-state index in [1.807, 2.05) is 12.2 Å². The van der Waals surface area contributed by atoms with Gasteiger partial charge in [0.25, 0.3) is 0 Å². The number of allylic oxidation sites excluding steroid dienone is 2. The zero-order chi connectivity index (χ0) is 19.6. The Bertz CT molecular complexity index is 570. The van der Waals surface area contributed by atoms with Crippen molar-refractivity contribution in [3.8, 4) is 0 Å². The summed E-state index contributed by atoms with van der Waals surface area (Å²) in [4.78, 5) is 11.4. The first kappa shape index (κ1) is 22.2. The number of esters is 1. The van der Waals surface area contributed by atoms with Crippen molar-refractivity contribution in [3.63, 3.8) is 0 Å². The fourth-order valence-corrected chi connectivity index (χ4v) is 2.38. The van der Waals surface area contributed by atoms with Crippen LogP contribution in [0, 0.1) is 0 Å². The van der Waals surface area contributed by atoms with E-state index < -0.39 is 30.7 Å². The lowest BCUT2D eigenvalue weighted by atomic mass is 10.0. The van der Waals surface area contributed by atoms with Crippen molar-refractivity contribution in [1.29, 1.82) is 0 Å². The first-order valence-electron chi connectivity index (χ1n) is 8.62. The van der Waals surface area contributed by atoms with Crippen molar-refractivity contribution in [3.05, 3.63) is 47.5 Å². The van der Waals surface area contributed by atoms with E-state index >= 15 is 0 Å². The molecule has 0 fully saturated rings. The number of hydrogen-bond acceptors (Lipinski definition) is 4. The molecule has 0 aliphatic heterocycles. The standard InChI is InChI=1S/C19H26F3NO3/c1-2-26-18(25)17(23)16(24)8-6-4-3-5-7-14-9-11-15(12-10-14)13-19(20,21)22/h3-4,9-12,16-17,24H,2,5-8,13,23H2,1H3/b4-3+. The van der Waals surface area contributed by atoms with Crippen molar-refractivity contribution in [2.45, 2.75) is 57.3 Å². The van der Waals surface area contributed by atoms with Crippen molar-refractivity contribution in [1.82, 2.24) is 0 Å². The fourth-order valence-electron chi connectivity index (χ4n) is 2.38. The third kappa shape index (κ3) is 9.01. The van der Waals surface area contributed by atoms with E-state index in [9.17, 15) is 23.1 Å². The van der Waals surface area contributed by atoms with Gasteiger partial charge in [0, 0.05) is 0 Å². The highest BCUT2D eigenvalue weighted by atomic mass is 19.4. The van der Waals surface area contributed by atoms with Crippen LogP contribution in [0.1, 0.15) is 37.3 Å². The lowest BCUT2D eigenvalue weighted by Gasteiger charge is -2.16. The Morgan fingerprint density at radius 3 is 2.35 bits per heavy atom. The molecule has 0 bridgehead atoms. The number of alkyl halides is 3. The molecule has 26 heavy (non-hydrogen) atoms. The predicted molar refractivity (Wildman–Crippen MR) is 93.5 cm³/mol. The van der Waals surface area contributed by atoms with Gasteiger partial charge in [-0.15, -0.1) is 0 Å². The Morgan fingerprint density at radius 2 is 1.77 bits per heavy atom. The van der Waals surface area contributed by atoms with Crippen LogP contribution in [0.5, 0.6) is 0 Å². The Balaban J connectivity index is 2.27. The molecule has 1 aromatic rings. The smallest absolute Gasteiger partial charge is 0.393 e. The van der Waals surface area contributed by atoms with Crippen molar-refractivity contribution < 1.29 is 27.8 Å². The number of carbonyl (C=O) groups is 1. The minimum absolute atomic E-state index is 0.219. The van der Waals surface area contributed by atoms with Crippen LogP contribution in [0.3, 0.4) is 0 Å². The second-order valence-electron chi connectivity index (χ2n) is 6.04. The van der Waals surface area contributed by atoms with Gasteiger partial charge in [-0.25, -0.2) is 0 Å². The summed E-state index contributed by atoms with van der Waals surface area (Å²) < 4.78 is 41.6. The summed E-state index contributed by atoms with van der Waals surface area (Å²) in [7, 11) is 0. The zero-order valence-electron chi connectivity index (χ0n) is 14.8. The number of halogens is 3. The largest absolute Gasteiger partial charge is 0.465 e. The Morgan fingerprint density at radius 1 is 1.19 bits per heavy atom. The average Bonchev–Trinajstić information content (AvgIpc) is 2.57. The van der Waals surface area contributed by atoms with E-state index in [4.69, 9.17) is 10.5 Å². The minimum atomic E-state index is -4.19. The second-order valence-corrected chi connectivity index (χ2v) is 6.04. The van der Waals surface area contributed by atoms with Gasteiger partial charge in [0.1, 0.15) is 6.04 Å². The van der Waals surface area contributed by atoms with Gasteiger partial charge in [0.2, 0.25) is 0 Å². The third-order valence-corrected chi connectivity index (χ3v) is 3.80. The van der Waals surface area contributed by atoms with Crippen LogP contribution < -0.4 is 5.73 Å². The highest BCUT2D eigenvalue weighted by molar-refractivity contribution is 5.76. The molecule has 0 amide bonds. The van der Waals surface area contributed by atoms with Crippen LogP contribution in [0.2, 0.25) is 0 Å². The summed E-state index contributed by atoms with van der Waals surface area (Å²) >= 11 is 0. The van der Waals surface area contributed by atoms with Gasteiger partial charge in [-0.05, 0) is 43.7 Å². The maximum atomic E-state index is 12.3. The first-order valence-corrected chi connectivity index (χ1v) is 8.62. The summed E-state index contributed by atoms with van der Waals surface area (Å²) in [5.41, 5.74) is 6.81. The quantitative estimate of drug-likeness (QED) is 0.488. The van der Waals surface area contributed by atoms with Crippen LogP contribution in [-0.2, 0) is 22.4 Å². The number of aliphatic hydroxyl groups is 1. The van der Waals surface area contributed by atoms with Crippen molar-refractivity contribution in [2.24, 2.45) is 5.73 Å². The molecule has 1 rings (SSSR count). The summed E-state index contributed by atoms with van der Waals surface area (Å²) in [5.74, 6) is -0.613. The number of rotatable bonds is 10. The highest BCUT2D eigenvalue weighted by Gasteiger charge is 2.27. The number of hydrogen-bond donors (Lipinski definition) is 2. The van der Waals surface area contributed by atoms with Gasteiger partial charge in [-0.1, -0.05) is 36.4 Å². The molecule has 0 aromatic heterocycles. The lowest BCUT2D eigenvalue weighted by Crippen LogP contribution is -2.42. The molecule has 1 aromatic carbocycles. The SMILES string of the molecule is CCOC(=O)C(N)C(O)CC/C=C/CCc1ccc(CC(F)(F)F)cc1. The minimum Gasteiger partial charge on any atom is -0.465 e. The molecular weight excluding hydrogens is 347 g/mol. The van der Waals surface area contributed by atoms with E-state index in [0.29, 0.717) is 19.3 Å². The van der Waals surface area contributed by atoms with E-state index in [-0.39, 0.29) is 12.2 Å². The van der Waals surface area contributed by atoms with Gasteiger partial charge < -0.3 is 15.6 Å². The predicted octanol–water partition coefficient (Wildman–Crippen LogP) is 3.31. The van der Waals surface area contributed by atoms with Crippen LogP contribution in [-0.4, -0.2) is 36.0 Å². The van der Waals surface area contributed by atoms with Crippen molar-refractivity contribution >= 4 is 5.97 Å². The fraction of sp³-hybridized carbons (Fsp3) is 0.526. The molecule has 0 aliphatic rings. The topological polar surface area (TPSA) is 72.5 Å². The average molecular weight is 373 g/mol. The van der Waals surface area contributed by atoms with E-state index in [1.165, 1.54) is 12.1 Å². The van der Waals surface area contributed by atoms with E-state index in [2.05, 4.69) is 0 Å². The molecule has 146 valence electrons. The normalized spacial score (nSPS) is 14.4. The lowest BCUT2D eigenvalue weighted by molar-refractivity contribution is -0.147. The molecule has 0 heterocycles. The number of nitrogens with two attached hydrogens (primary N) is 1. The van der Waals surface area contributed by atoms with Crippen LogP contribution in [0.4, 0.5) is 13.2 Å². The van der Waals surface area contributed by atoms with E-state index in [1.54, 1.807) is 19.1 Å². The van der Waals surface area contributed by atoms with Crippen LogP contribution in [0.15, 0.2) is 36.4 Å². The number of ether oxygens (including phenoxy) is 1. The van der Waals surface area contributed by atoms with Gasteiger partial charge in [0.15, 0.2) is 0 Å².